The summed E-state index contributed by atoms with van der Waals surface area (Å²) in [4.78, 5) is 76.6. The van der Waals surface area contributed by atoms with Crippen LogP contribution in [0.5, 0.6) is 5.75 Å². The maximum Gasteiger partial charge on any atom is 0.417 e. The van der Waals surface area contributed by atoms with E-state index in [1.807, 2.05) is 53.4 Å². The molecule has 1 unspecified atom stereocenters. The van der Waals surface area contributed by atoms with Crippen LogP contribution in [0.25, 0.3) is 32.2 Å². The van der Waals surface area contributed by atoms with Crippen molar-refractivity contribution in [3.63, 3.8) is 0 Å². The highest BCUT2D eigenvalue weighted by Crippen LogP contribution is 2.51. The summed E-state index contributed by atoms with van der Waals surface area (Å²) in [6.07, 6.45) is -1.15. The Morgan fingerprint density at radius 2 is 1.70 bits per heavy atom. The molecule has 374 valence electrons. The molecule has 2 saturated heterocycles. The first-order valence-electron chi connectivity index (χ1n) is 24.0. The maximum absolute atomic E-state index is 14.9. The molecule has 3 fully saturated rings. The molecule has 20 heteroatoms. The van der Waals surface area contributed by atoms with Crippen LogP contribution in [0.4, 0.5) is 29.8 Å². The van der Waals surface area contributed by atoms with Gasteiger partial charge in [-0.25, -0.2) is 14.8 Å². The Hall–Kier alpha value is -7.71. The van der Waals surface area contributed by atoms with E-state index in [-0.39, 0.29) is 77.4 Å². The van der Waals surface area contributed by atoms with Crippen LogP contribution in [0.1, 0.15) is 87.7 Å². The number of amides is 4. The van der Waals surface area contributed by atoms with Gasteiger partial charge in [-0.2, -0.15) is 18.3 Å². The van der Waals surface area contributed by atoms with Crippen LogP contribution in [0.3, 0.4) is 0 Å². The number of nitrogens with one attached hydrogen (secondary N) is 3. The minimum absolute atomic E-state index is 0.0259. The number of carboxylic acid groups (broad SMARTS) is 1. The molecule has 4 aliphatic rings. The number of imide groups is 1. The topological polar surface area (TPSA) is 201 Å². The van der Waals surface area contributed by atoms with E-state index in [1.165, 1.54) is 35.6 Å². The van der Waals surface area contributed by atoms with Crippen LogP contribution < -0.4 is 25.6 Å². The summed E-state index contributed by atoms with van der Waals surface area (Å²) in [5, 5.41) is 24.4. The van der Waals surface area contributed by atoms with Gasteiger partial charge in [-0.05, 0) is 134 Å². The summed E-state index contributed by atoms with van der Waals surface area (Å²) in [5.41, 5.74) is 2.62. The summed E-state index contributed by atoms with van der Waals surface area (Å²) in [5.74, 6) is -2.95. The van der Waals surface area contributed by atoms with Gasteiger partial charge in [-0.1, -0.05) is 41.7 Å². The molecule has 3 aliphatic heterocycles. The number of fused-ring (bicyclic) bond motifs is 3. The molecule has 6 heterocycles. The number of ether oxygens (including phenoxy) is 1. The lowest BCUT2D eigenvalue weighted by molar-refractivity contribution is -0.137. The fourth-order valence-electron chi connectivity index (χ4n) is 10.9. The van der Waals surface area contributed by atoms with Crippen LogP contribution in [-0.2, 0) is 40.6 Å². The number of thiazole rings is 1. The fourth-order valence-corrected chi connectivity index (χ4v) is 11.8. The molecule has 16 nitrogen and oxygen atoms in total. The minimum atomic E-state index is -4.85. The monoisotopic (exact) mass is 1010 g/mol. The van der Waals surface area contributed by atoms with E-state index >= 15 is 0 Å². The van der Waals surface area contributed by atoms with Gasteiger partial charge in [0, 0.05) is 48.8 Å². The number of aromatic carboxylic acids is 1. The molecule has 1 saturated carbocycles. The van der Waals surface area contributed by atoms with Gasteiger partial charge < -0.3 is 20.1 Å². The molecule has 11 rings (SSSR count). The predicted molar refractivity (Wildman–Crippen MR) is 267 cm³/mol. The molecule has 73 heavy (non-hydrogen) atoms. The van der Waals surface area contributed by atoms with E-state index in [0.717, 1.165) is 51.2 Å². The molecule has 0 bridgehead atoms. The number of rotatable bonds is 11. The Kier molecular flexibility index (Phi) is 12.2. The average molecular weight is 1010 g/mol. The normalized spacial score (nSPS) is 18.1. The van der Waals surface area contributed by atoms with Crippen LogP contribution in [0, 0.1) is 5.41 Å². The van der Waals surface area contributed by atoms with E-state index in [1.54, 1.807) is 23.9 Å². The molecule has 1 aliphatic carbocycles. The predicted octanol–water partition coefficient (Wildman–Crippen LogP) is 8.56. The summed E-state index contributed by atoms with van der Waals surface area (Å²) in [6, 6.07) is 24.9. The number of aromatic nitrogens is 4. The molecule has 4 N–H and O–H groups in total. The second-order valence-electron chi connectivity index (χ2n) is 19.3. The minimum Gasteiger partial charge on any atom is -0.490 e. The first kappa shape index (κ1) is 47.6. The van der Waals surface area contributed by atoms with Crippen molar-refractivity contribution in [2.75, 3.05) is 41.7 Å². The number of nitrogens with zero attached hydrogens (tertiary/aromatic N) is 6. The first-order valence-corrected chi connectivity index (χ1v) is 24.9. The highest BCUT2D eigenvalue weighted by atomic mass is 32.1. The van der Waals surface area contributed by atoms with Gasteiger partial charge in [0.25, 0.3) is 5.91 Å². The zero-order chi connectivity index (χ0) is 50.8. The van der Waals surface area contributed by atoms with Crippen LogP contribution in [-0.4, -0.2) is 91.6 Å². The molecule has 3 aromatic heterocycles. The van der Waals surface area contributed by atoms with Crippen molar-refractivity contribution < 1.29 is 47.0 Å². The smallest absolute Gasteiger partial charge is 0.417 e. The van der Waals surface area contributed by atoms with E-state index in [9.17, 15) is 42.3 Å². The number of hydrogen-bond donors (Lipinski definition) is 4. The number of carbonyl (C=O) groups excluding carboxylic acids is 4. The number of anilines is 3. The quantitative estimate of drug-likeness (QED) is 0.0902. The summed E-state index contributed by atoms with van der Waals surface area (Å²) in [6.45, 7) is 2.15. The second-order valence-corrected chi connectivity index (χ2v) is 20.4. The van der Waals surface area contributed by atoms with Gasteiger partial charge in [0.05, 0.1) is 45.6 Å². The number of carboxylic acids is 1. The highest BCUT2D eigenvalue weighted by Gasteiger charge is 2.47. The standard InChI is InChI=1S/C53H48F3N9O7S/c1-63-41-23-30(9-11-36(41)46(62-63)37-14-16-44(66)60-49(37)69)57-45(67)28-64-21-18-52(19-22-64)25-32(26-52)72-31-10-12-33(39(24-31)53(54,55)56)34-13-15-43(59-47(34)50(70)71)65-20-17-29-5-4-6-35(38(29)27-65)48(68)61-51-58-40-7-2-3-8-42(40)73-51/h2-13,15,23-24,32,37H,14,16-22,25-28H2,1H3,(H,57,67)(H,70,71)(H,58,61,68)(H,60,66,69). The lowest BCUT2D eigenvalue weighted by Crippen LogP contribution is -2.51. The Morgan fingerprint density at radius 3 is 2.47 bits per heavy atom. The highest BCUT2D eigenvalue weighted by molar-refractivity contribution is 7.22. The third-order valence-electron chi connectivity index (χ3n) is 14.7. The van der Waals surface area contributed by atoms with E-state index in [4.69, 9.17) is 4.74 Å². The molecular weight excluding hydrogens is 964 g/mol. The molecule has 4 aromatic carbocycles. The molecular formula is C53H48F3N9O7S. The number of piperidine rings is 2. The van der Waals surface area contributed by atoms with Crippen LogP contribution in [0.2, 0.25) is 0 Å². The number of hydrogen-bond acceptors (Lipinski definition) is 12. The maximum atomic E-state index is 14.9. The van der Waals surface area contributed by atoms with Gasteiger partial charge in [0.2, 0.25) is 17.7 Å². The summed E-state index contributed by atoms with van der Waals surface area (Å²) in [7, 11) is 1.76. The number of carbonyl (C=O) groups is 5. The number of pyridine rings is 1. The lowest BCUT2D eigenvalue weighted by Gasteiger charge is -2.51. The van der Waals surface area contributed by atoms with Crippen LogP contribution >= 0.6 is 11.3 Å². The zero-order valence-electron chi connectivity index (χ0n) is 39.4. The lowest BCUT2D eigenvalue weighted by atomic mass is 9.61. The third kappa shape index (κ3) is 9.47. The van der Waals surface area contributed by atoms with Crippen LogP contribution in [0.15, 0.2) is 91.0 Å². The van der Waals surface area contributed by atoms with E-state index < -0.39 is 29.3 Å². The number of benzene rings is 4. The Balaban J connectivity index is 0.711. The van der Waals surface area contributed by atoms with Gasteiger partial charge >= 0.3 is 12.1 Å². The van der Waals surface area contributed by atoms with E-state index in [2.05, 4.69) is 35.9 Å². The molecule has 1 spiro atoms. The number of para-hydroxylation sites is 1. The van der Waals surface area contributed by atoms with E-state index in [0.29, 0.717) is 67.4 Å². The van der Waals surface area contributed by atoms with Gasteiger partial charge in [0.15, 0.2) is 10.8 Å². The number of aryl methyl sites for hydroxylation is 1. The largest absolute Gasteiger partial charge is 0.490 e. The molecule has 4 amide bonds. The van der Waals surface area contributed by atoms with Gasteiger partial charge in [-0.3, -0.25) is 39.4 Å². The number of alkyl halides is 3. The summed E-state index contributed by atoms with van der Waals surface area (Å²) < 4.78 is 53.3. The Bertz CT molecular complexity index is 3360. The van der Waals surface area contributed by atoms with Crippen molar-refractivity contribution >= 4 is 78.7 Å². The third-order valence-corrected chi connectivity index (χ3v) is 15.6. The summed E-state index contributed by atoms with van der Waals surface area (Å²) >= 11 is 1.36. The van der Waals surface area contributed by atoms with Crippen molar-refractivity contribution in [1.82, 2.24) is 30.0 Å². The van der Waals surface area contributed by atoms with Crippen molar-refractivity contribution in [2.45, 2.75) is 69.7 Å². The average Bonchev–Trinajstić information content (AvgIpc) is 3.92. The molecule has 7 aromatic rings. The van der Waals surface area contributed by atoms with Crippen molar-refractivity contribution in [1.29, 1.82) is 0 Å². The molecule has 0 radical (unpaired) electrons. The fraction of sp³-hybridized carbons (Fsp3) is 0.321. The second kappa shape index (κ2) is 18.7. The first-order chi connectivity index (χ1) is 35.1. The zero-order valence-corrected chi connectivity index (χ0v) is 40.2. The van der Waals surface area contributed by atoms with Gasteiger partial charge in [-0.15, -0.1) is 0 Å². The van der Waals surface area contributed by atoms with Gasteiger partial charge in [0.1, 0.15) is 11.6 Å². The SMILES string of the molecule is Cn1nc(C2CCC(=O)NC2=O)c2ccc(NC(=O)CN3CCC4(CC3)CC(Oc3ccc(-c5ccc(N6CCc7cccc(C(=O)Nc8nc9ccccc9s8)c7C6)nc5C(=O)O)c(C(F)(F)F)c3)C4)cc21. The Morgan fingerprint density at radius 1 is 0.904 bits per heavy atom. The van der Waals surface area contributed by atoms with Crippen molar-refractivity contribution in [3.8, 4) is 16.9 Å². The van der Waals surface area contributed by atoms with Crippen molar-refractivity contribution in [3.05, 3.63) is 125 Å². The Labute approximate surface area is 419 Å². The number of likely N-dealkylation sites (tertiary alicyclic amines) is 1. The van der Waals surface area contributed by atoms with Crippen molar-refractivity contribution in [2.24, 2.45) is 12.5 Å². The molecule has 1 atom stereocenters. The number of halogens is 3.